The van der Waals surface area contributed by atoms with Gasteiger partial charge in [-0.25, -0.2) is 4.98 Å². The number of aryl methyl sites for hydroxylation is 1. The molecule has 3 aromatic carbocycles. The van der Waals surface area contributed by atoms with Crippen LogP contribution in [-0.2, 0) is 18.4 Å². The highest BCUT2D eigenvalue weighted by atomic mass is 16.7. The molecule has 5 rings (SSSR count). The second-order valence-electron chi connectivity index (χ2n) is 8.17. The molecule has 0 spiro atoms. The van der Waals surface area contributed by atoms with Crippen LogP contribution in [-0.4, -0.2) is 26.5 Å². The zero-order chi connectivity index (χ0) is 21.4. The average Bonchev–Trinajstić information content (AvgIpc) is 3.36. The third-order valence-electron chi connectivity index (χ3n) is 6.10. The fourth-order valence-corrected chi connectivity index (χ4v) is 4.55. The first kappa shape index (κ1) is 19.7. The van der Waals surface area contributed by atoms with Crippen molar-refractivity contribution in [2.24, 2.45) is 13.0 Å². The van der Waals surface area contributed by atoms with Crippen LogP contribution in [0.3, 0.4) is 0 Å². The van der Waals surface area contributed by atoms with Crippen molar-refractivity contribution < 1.29 is 9.63 Å². The minimum Gasteiger partial charge on any atom is -0.332 e. The van der Waals surface area contributed by atoms with Crippen molar-refractivity contribution in [1.82, 2.24) is 14.6 Å². The molecule has 1 saturated heterocycles. The van der Waals surface area contributed by atoms with Crippen molar-refractivity contribution in [3.63, 3.8) is 0 Å². The van der Waals surface area contributed by atoms with Gasteiger partial charge < -0.3 is 4.57 Å². The number of aromatic nitrogens is 2. The van der Waals surface area contributed by atoms with Crippen molar-refractivity contribution in [2.45, 2.75) is 25.6 Å². The van der Waals surface area contributed by atoms with E-state index in [2.05, 4.69) is 47.4 Å². The summed E-state index contributed by atoms with van der Waals surface area (Å²) in [7, 11) is 1.85. The lowest BCUT2D eigenvalue weighted by Gasteiger charge is -2.26. The molecule has 0 amide bonds. The standard InChI is InChI=1S/C26H25N3O2/c1-18-23(25(30)26-27-14-15-28(26)2)24(29(31-18)17-19-8-4-3-5-9-19)22-13-12-20-10-6-7-11-21(20)16-22/h3-16,18,23-24H,17H2,1-2H3/t18-,23-,24+/m1/s1. The van der Waals surface area contributed by atoms with Gasteiger partial charge in [0, 0.05) is 26.0 Å². The molecule has 31 heavy (non-hydrogen) atoms. The van der Waals surface area contributed by atoms with Crippen LogP contribution in [0.25, 0.3) is 10.8 Å². The van der Waals surface area contributed by atoms with Crippen molar-refractivity contribution in [1.29, 1.82) is 0 Å². The van der Waals surface area contributed by atoms with E-state index in [1.165, 1.54) is 5.39 Å². The van der Waals surface area contributed by atoms with Crippen LogP contribution in [0.1, 0.15) is 34.7 Å². The van der Waals surface area contributed by atoms with E-state index in [1.54, 1.807) is 17.0 Å². The van der Waals surface area contributed by atoms with E-state index in [-0.39, 0.29) is 23.8 Å². The first-order chi connectivity index (χ1) is 15.1. The molecular weight excluding hydrogens is 386 g/mol. The average molecular weight is 412 g/mol. The van der Waals surface area contributed by atoms with E-state index in [0.717, 1.165) is 16.5 Å². The largest absolute Gasteiger partial charge is 0.332 e. The summed E-state index contributed by atoms with van der Waals surface area (Å²) in [6.07, 6.45) is 3.21. The number of benzene rings is 3. The third-order valence-corrected chi connectivity index (χ3v) is 6.10. The SMILES string of the molecule is C[C@H]1ON(Cc2ccccc2)[C@@H](c2ccc3ccccc3c2)[C@@H]1C(=O)c1nccn1C. The summed E-state index contributed by atoms with van der Waals surface area (Å²) in [5.41, 5.74) is 2.22. The lowest BCUT2D eigenvalue weighted by Crippen LogP contribution is -2.30. The van der Waals surface area contributed by atoms with Crippen LogP contribution >= 0.6 is 0 Å². The van der Waals surface area contributed by atoms with E-state index < -0.39 is 0 Å². The lowest BCUT2D eigenvalue weighted by atomic mass is 9.85. The number of ketones is 1. The molecule has 1 aromatic heterocycles. The van der Waals surface area contributed by atoms with Gasteiger partial charge in [0.15, 0.2) is 5.82 Å². The van der Waals surface area contributed by atoms with Crippen LogP contribution in [0.2, 0.25) is 0 Å². The Morgan fingerprint density at radius 3 is 2.48 bits per heavy atom. The summed E-state index contributed by atoms with van der Waals surface area (Å²) < 4.78 is 1.78. The molecule has 1 aliphatic rings. The van der Waals surface area contributed by atoms with E-state index in [4.69, 9.17) is 4.84 Å². The molecule has 156 valence electrons. The number of hydrogen-bond acceptors (Lipinski definition) is 4. The highest BCUT2D eigenvalue weighted by Gasteiger charge is 2.47. The minimum absolute atomic E-state index is 0.00807. The summed E-state index contributed by atoms with van der Waals surface area (Å²) in [6.45, 7) is 2.58. The summed E-state index contributed by atoms with van der Waals surface area (Å²) in [5, 5.41) is 4.30. The maximum atomic E-state index is 13.6. The number of Topliss-reactive ketones (excluding diaryl/α,β-unsaturated/α-hetero) is 1. The maximum Gasteiger partial charge on any atom is 0.205 e. The minimum atomic E-state index is -0.356. The topological polar surface area (TPSA) is 47.4 Å². The van der Waals surface area contributed by atoms with Gasteiger partial charge in [-0.15, -0.1) is 0 Å². The molecule has 3 atom stereocenters. The van der Waals surface area contributed by atoms with Gasteiger partial charge >= 0.3 is 0 Å². The Morgan fingerprint density at radius 2 is 1.74 bits per heavy atom. The van der Waals surface area contributed by atoms with Gasteiger partial charge in [0.1, 0.15) is 0 Å². The van der Waals surface area contributed by atoms with Gasteiger partial charge in [0.05, 0.1) is 18.1 Å². The van der Waals surface area contributed by atoms with Crippen molar-refractivity contribution in [3.8, 4) is 0 Å². The summed E-state index contributed by atoms with van der Waals surface area (Å²) in [4.78, 5) is 24.2. The first-order valence-electron chi connectivity index (χ1n) is 10.6. The Kier molecular flexibility index (Phi) is 5.14. The Balaban J connectivity index is 1.58. The van der Waals surface area contributed by atoms with Crippen LogP contribution in [0.5, 0.6) is 0 Å². The predicted octanol–water partition coefficient (Wildman–Crippen LogP) is 4.95. The molecule has 1 fully saturated rings. The van der Waals surface area contributed by atoms with E-state index >= 15 is 0 Å². The molecule has 0 N–H and O–H groups in total. The van der Waals surface area contributed by atoms with E-state index in [1.807, 2.05) is 49.4 Å². The molecule has 0 saturated carbocycles. The molecule has 5 heteroatoms. The predicted molar refractivity (Wildman–Crippen MR) is 120 cm³/mol. The Morgan fingerprint density at radius 1 is 1.00 bits per heavy atom. The number of hydrogen-bond donors (Lipinski definition) is 0. The van der Waals surface area contributed by atoms with E-state index in [0.29, 0.717) is 12.4 Å². The van der Waals surface area contributed by atoms with Crippen molar-refractivity contribution >= 4 is 16.6 Å². The Hall–Kier alpha value is -3.28. The summed E-state index contributed by atoms with van der Waals surface area (Å²) in [5.74, 6) is 0.118. The van der Waals surface area contributed by atoms with Gasteiger partial charge in [-0.3, -0.25) is 9.63 Å². The molecular formula is C26H25N3O2. The number of hydroxylamine groups is 2. The Labute approximate surface area is 181 Å². The second-order valence-corrected chi connectivity index (χ2v) is 8.17. The van der Waals surface area contributed by atoms with Crippen LogP contribution in [0.15, 0.2) is 85.2 Å². The first-order valence-corrected chi connectivity index (χ1v) is 10.6. The van der Waals surface area contributed by atoms with Gasteiger partial charge in [0.2, 0.25) is 5.78 Å². The molecule has 2 heterocycles. The summed E-state index contributed by atoms with van der Waals surface area (Å²) >= 11 is 0. The number of rotatable bonds is 5. The lowest BCUT2D eigenvalue weighted by molar-refractivity contribution is -0.166. The molecule has 0 aliphatic carbocycles. The molecule has 1 aliphatic heterocycles. The summed E-state index contributed by atoms with van der Waals surface area (Å²) in [6, 6.07) is 24.7. The second kappa shape index (κ2) is 8.10. The zero-order valence-corrected chi connectivity index (χ0v) is 17.7. The highest BCUT2D eigenvalue weighted by molar-refractivity contribution is 5.96. The fraction of sp³-hybridized carbons (Fsp3) is 0.231. The van der Waals surface area contributed by atoms with Gasteiger partial charge in [-0.05, 0) is 34.9 Å². The van der Waals surface area contributed by atoms with Crippen LogP contribution in [0, 0.1) is 5.92 Å². The molecule has 5 nitrogen and oxygen atoms in total. The van der Waals surface area contributed by atoms with E-state index in [9.17, 15) is 4.79 Å². The number of carbonyl (C=O) groups excluding carboxylic acids is 1. The van der Waals surface area contributed by atoms with Gasteiger partial charge in [-0.1, -0.05) is 66.7 Å². The Bertz CT molecular complexity index is 1220. The number of nitrogens with zero attached hydrogens (tertiary/aromatic N) is 3. The monoisotopic (exact) mass is 411 g/mol. The number of imidazole rings is 1. The van der Waals surface area contributed by atoms with Crippen molar-refractivity contribution in [3.05, 3.63) is 102 Å². The van der Waals surface area contributed by atoms with Crippen molar-refractivity contribution in [2.75, 3.05) is 0 Å². The fourth-order valence-electron chi connectivity index (χ4n) is 4.55. The number of carbonyl (C=O) groups is 1. The molecule has 0 radical (unpaired) electrons. The van der Waals surface area contributed by atoms with Gasteiger partial charge in [0.25, 0.3) is 0 Å². The highest BCUT2D eigenvalue weighted by Crippen LogP contribution is 2.42. The molecule has 0 bridgehead atoms. The molecule has 0 unspecified atom stereocenters. The van der Waals surface area contributed by atoms with Crippen LogP contribution < -0.4 is 0 Å². The zero-order valence-electron chi connectivity index (χ0n) is 17.7. The van der Waals surface area contributed by atoms with Gasteiger partial charge in [-0.2, -0.15) is 5.06 Å². The third kappa shape index (κ3) is 3.67. The quantitative estimate of drug-likeness (QED) is 0.436. The maximum absolute atomic E-state index is 13.6. The smallest absolute Gasteiger partial charge is 0.205 e. The van der Waals surface area contributed by atoms with Crippen LogP contribution in [0.4, 0.5) is 0 Å². The number of fused-ring (bicyclic) bond motifs is 1. The normalized spacial score (nSPS) is 21.5. The molecule has 4 aromatic rings.